The van der Waals surface area contributed by atoms with Gasteiger partial charge in [-0.3, -0.25) is 0 Å². The number of halogens is 2. The van der Waals surface area contributed by atoms with Crippen molar-refractivity contribution in [3.05, 3.63) is 58.2 Å². The van der Waals surface area contributed by atoms with Crippen LogP contribution < -0.4 is 4.74 Å². The van der Waals surface area contributed by atoms with Crippen molar-refractivity contribution in [3.63, 3.8) is 0 Å². The van der Waals surface area contributed by atoms with Gasteiger partial charge in [-0.2, -0.15) is 0 Å². The third kappa shape index (κ3) is 2.37. The van der Waals surface area contributed by atoms with Crippen molar-refractivity contribution < 1.29 is 4.74 Å². The van der Waals surface area contributed by atoms with E-state index in [2.05, 4.69) is 11.9 Å². The molecule has 1 heterocycles. The molecule has 0 saturated carbocycles. The van der Waals surface area contributed by atoms with Crippen molar-refractivity contribution in [1.29, 1.82) is 0 Å². The van der Waals surface area contributed by atoms with E-state index in [-0.39, 0.29) is 0 Å². The number of ether oxygens (including phenoxy) is 1. The minimum atomic E-state index is 0.490. The third-order valence-electron chi connectivity index (χ3n) is 3.26. The average Bonchev–Trinajstić information content (AvgIpc) is 2.85. The number of aromatic nitrogens is 1. The fraction of sp³-hybridized carbons (Fsp3) is 0.125. The molecule has 0 aliphatic heterocycles. The summed E-state index contributed by atoms with van der Waals surface area (Å²) in [4.78, 5) is 3.25. The van der Waals surface area contributed by atoms with Gasteiger partial charge in [0.2, 0.25) is 0 Å². The highest BCUT2D eigenvalue weighted by Gasteiger charge is 2.09. The molecule has 20 heavy (non-hydrogen) atoms. The molecule has 2 aromatic carbocycles. The van der Waals surface area contributed by atoms with Crippen molar-refractivity contribution in [2.75, 3.05) is 0 Å². The summed E-state index contributed by atoms with van der Waals surface area (Å²) >= 11 is 12.2. The number of hydrogen-bond donors (Lipinski definition) is 1. The maximum atomic E-state index is 6.12. The van der Waals surface area contributed by atoms with Gasteiger partial charge in [-0.1, -0.05) is 36.2 Å². The first-order chi connectivity index (χ1) is 9.69. The molecule has 0 fully saturated rings. The van der Waals surface area contributed by atoms with E-state index in [1.165, 1.54) is 5.56 Å². The highest BCUT2D eigenvalue weighted by atomic mass is 35.5. The number of H-pyrrole nitrogens is 1. The Bertz CT molecular complexity index is 744. The van der Waals surface area contributed by atoms with E-state index in [0.29, 0.717) is 15.8 Å². The van der Waals surface area contributed by atoms with Crippen molar-refractivity contribution in [2.45, 2.75) is 13.3 Å². The van der Waals surface area contributed by atoms with E-state index in [4.69, 9.17) is 27.9 Å². The standard InChI is InChI=1S/C16H13Cl2NO/c1-2-10-9-19-15-7-6-11(8-12(10)15)20-16-13(17)4-3-5-14(16)18/h3-9,19H,2H2,1H3. The minimum Gasteiger partial charge on any atom is -0.454 e. The fourth-order valence-electron chi connectivity index (χ4n) is 2.21. The van der Waals surface area contributed by atoms with Crippen LogP contribution in [0, 0.1) is 0 Å². The zero-order chi connectivity index (χ0) is 14.1. The molecule has 0 saturated heterocycles. The zero-order valence-corrected chi connectivity index (χ0v) is 12.4. The Kier molecular flexibility index (Phi) is 3.60. The zero-order valence-electron chi connectivity index (χ0n) is 10.9. The number of fused-ring (bicyclic) bond motifs is 1. The van der Waals surface area contributed by atoms with Gasteiger partial charge in [-0.05, 0) is 42.3 Å². The molecular formula is C16H13Cl2NO. The molecule has 0 aliphatic rings. The molecule has 0 amide bonds. The Labute approximate surface area is 127 Å². The summed E-state index contributed by atoms with van der Waals surface area (Å²) in [6, 6.07) is 11.2. The van der Waals surface area contributed by atoms with Crippen LogP contribution in [-0.4, -0.2) is 4.98 Å². The van der Waals surface area contributed by atoms with E-state index in [1.54, 1.807) is 18.2 Å². The number of rotatable bonds is 3. The smallest absolute Gasteiger partial charge is 0.164 e. The number of aryl methyl sites for hydroxylation is 1. The molecule has 1 aromatic heterocycles. The van der Waals surface area contributed by atoms with Gasteiger partial charge in [0.05, 0.1) is 10.0 Å². The summed E-state index contributed by atoms with van der Waals surface area (Å²) < 4.78 is 5.84. The Hall–Kier alpha value is -1.64. The summed E-state index contributed by atoms with van der Waals surface area (Å²) in [6.07, 6.45) is 2.99. The van der Waals surface area contributed by atoms with Gasteiger partial charge >= 0.3 is 0 Å². The Morgan fingerprint density at radius 1 is 1.10 bits per heavy atom. The summed E-state index contributed by atoms with van der Waals surface area (Å²) in [5.41, 5.74) is 2.36. The second kappa shape index (κ2) is 5.39. The topological polar surface area (TPSA) is 25.0 Å². The molecule has 1 N–H and O–H groups in total. The normalized spacial score (nSPS) is 10.9. The van der Waals surface area contributed by atoms with E-state index < -0.39 is 0 Å². The highest BCUT2D eigenvalue weighted by Crippen LogP contribution is 2.37. The van der Waals surface area contributed by atoms with Crippen molar-refractivity contribution in [3.8, 4) is 11.5 Å². The number of aromatic amines is 1. The van der Waals surface area contributed by atoms with Crippen LogP contribution in [0.4, 0.5) is 0 Å². The predicted molar refractivity (Wildman–Crippen MR) is 84.2 cm³/mol. The second-order valence-electron chi connectivity index (χ2n) is 4.53. The molecule has 0 unspecified atom stereocenters. The highest BCUT2D eigenvalue weighted by molar-refractivity contribution is 6.37. The van der Waals surface area contributed by atoms with E-state index in [0.717, 1.165) is 23.1 Å². The molecule has 2 nitrogen and oxygen atoms in total. The van der Waals surface area contributed by atoms with Crippen LogP contribution in [0.1, 0.15) is 12.5 Å². The number of para-hydroxylation sites is 1. The van der Waals surface area contributed by atoms with Gasteiger partial charge in [-0.15, -0.1) is 0 Å². The predicted octanol–water partition coefficient (Wildman–Crippen LogP) is 5.83. The van der Waals surface area contributed by atoms with Crippen molar-refractivity contribution in [2.24, 2.45) is 0 Å². The lowest BCUT2D eigenvalue weighted by Gasteiger charge is -2.09. The van der Waals surface area contributed by atoms with E-state index in [1.807, 2.05) is 24.4 Å². The van der Waals surface area contributed by atoms with Crippen LogP contribution in [-0.2, 0) is 6.42 Å². The largest absolute Gasteiger partial charge is 0.454 e. The van der Waals surface area contributed by atoms with Gasteiger partial charge < -0.3 is 9.72 Å². The van der Waals surface area contributed by atoms with Crippen LogP contribution in [0.15, 0.2) is 42.6 Å². The maximum absolute atomic E-state index is 6.12. The Balaban J connectivity index is 2.02. The lowest BCUT2D eigenvalue weighted by atomic mass is 10.1. The quantitative estimate of drug-likeness (QED) is 0.647. The number of nitrogens with one attached hydrogen (secondary N) is 1. The number of hydrogen-bond acceptors (Lipinski definition) is 1. The molecule has 102 valence electrons. The molecule has 0 atom stereocenters. The molecule has 0 aliphatic carbocycles. The van der Waals surface area contributed by atoms with Gasteiger partial charge in [0.15, 0.2) is 5.75 Å². The Morgan fingerprint density at radius 3 is 2.55 bits per heavy atom. The first kappa shape index (κ1) is 13.3. The summed E-state index contributed by atoms with van der Waals surface area (Å²) in [5, 5.41) is 2.16. The second-order valence-corrected chi connectivity index (χ2v) is 5.34. The van der Waals surface area contributed by atoms with Crippen LogP contribution >= 0.6 is 23.2 Å². The molecule has 3 aromatic rings. The van der Waals surface area contributed by atoms with Crippen molar-refractivity contribution in [1.82, 2.24) is 4.98 Å². The van der Waals surface area contributed by atoms with Crippen LogP contribution in [0.3, 0.4) is 0 Å². The number of benzene rings is 2. The van der Waals surface area contributed by atoms with Gasteiger partial charge in [-0.25, -0.2) is 0 Å². The molecule has 3 rings (SSSR count). The minimum absolute atomic E-state index is 0.490. The molecule has 0 spiro atoms. The summed E-state index contributed by atoms with van der Waals surface area (Å²) in [6.45, 7) is 2.13. The molecule has 4 heteroatoms. The third-order valence-corrected chi connectivity index (χ3v) is 3.85. The fourth-order valence-corrected chi connectivity index (χ4v) is 2.69. The summed E-state index contributed by atoms with van der Waals surface area (Å²) in [7, 11) is 0. The maximum Gasteiger partial charge on any atom is 0.164 e. The van der Waals surface area contributed by atoms with E-state index >= 15 is 0 Å². The SMILES string of the molecule is CCc1c[nH]c2ccc(Oc3c(Cl)cccc3Cl)cc12. The van der Waals surface area contributed by atoms with Crippen molar-refractivity contribution >= 4 is 34.1 Å². The Morgan fingerprint density at radius 2 is 1.85 bits per heavy atom. The average molecular weight is 306 g/mol. The van der Waals surface area contributed by atoms with Crippen LogP contribution in [0.2, 0.25) is 10.0 Å². The van der Waals surface area contributed by atoms with Crippen LogP contribution in [0.5, 0.6) is 11.5 Å². The van der Waals surface area contributed by atoms with Gasteiger partial charge in [0.25, 0.3) is 0 Å². The van der Waals surface area contributed by atoms with Gasteiger partial charge in [0.1, 0.15) is 5.75 Å². The van der Waals surface area contributed by atoms with Gasteiger partial charge in [0, 0.05) is 17.1 Å². The lowest BCUT2D eigenvalue weighted by molar-refractivity contribution is 0.484. The molecule has 0 radical (unpaired) electrons. The lowest BCUT2D eigenvalue weighted by Crippen LogP contribution is -1.87. The molecular weight excluding hydrogens is 293 g/mol. The monoisotopic (exact) mass is 305 g/mol. The first-order valence-electron chi connectivity index (χ1n) is 6.41. The summed E-state index contributed by atoms with van der Waals surface area (Å²) in [5.74, 6) is 1.21. The molecule has 0 bridgehead atoms. The van der Waals surface area contributed by atoms with E-state index in [9.17, 15) is 0 Å². The first-order valence-corrected chi connectivity index (χ1v) is 7.16. The van der Waals surface area contributed by atoms with Crippen LogP contribution in [0.25, 0.3) is 10.9 Å².